The van der Waals surface area contributed by atoms with Crippen LogP contribution >= 0.6 is 0 Å². The molecule has 1 aliphatic carbocycles. The van der Waals surface area contributed by atoms with E-state index in [2.05, 4.69) is 27.1 Å². The van der Waals surface area contributed by atoms with Crippen molar-refractivity contribution in [1.29, 1.82) is 0 Å². The molecule has 8 nitrogen and oxygen atoms in total. The highest BCUT2D eigenvalue weighted by Gasteiger charge is 2.26. The number of ether oxygens (including phenoxy) is 3. The molecule has 0 spiro atoms. The summed E-state index contributed by atoms with van der Waals surface area (Å²) in [6.07, 6.45) is 8.09. The van der Waals surface area contributed by atoms with Crippen LogP contribution in [0.5, 0.6) is 11.5 Å². The lowest BCUT2D eigenvalue weighted by Gasteiger charge is -2.26. The lowest BCUT2D eigenvalue weighted by Crippen LogP contribution is -2.20. The molecule has 0 N–H and O–H groups in total. The Hall–Kier alpha value is -3.65. The topological polar surface area (TPSA) is 74.5 Å². The highest BCUT2D eigenvalue weighted by atomic mass is 16.5. The Kier molecular flexibility index (Phi) is 6.31. The lowest BCUT2D eigenvalue weighted by molar-refractivity contribution is 0.183. The molecule has 4 aromatic rings. The summed E-state index contributed by atoms with van der Waals surface area (Å²) in [6, 6.07) is 12.2. The molecule has 34 heavy (non-hydrogen) atoms. The average molecular weight is 460 g/mol. The smallest absolute Gasteiger partial charge is 0.124 e. The van der Waals surface area contributed by atoms with Crippen LogP contribution in [-0.2, 0) is 11.3 Å². The second kappa shape index (κ2) is 9.69. The minimum Gasteiger partial charge on any atom is -0.497 e. The molecule has 0 aliphatic heterocycles. The van der Waals surface area contributed by atoms with Crippen LogP contribution in [0.1, 0.15) is 12.8 Å². The summed E-state index contributed by atoms with van der Waals surface area (Å²) in [7, 11) is 5.04. The first-order valence-corrected chi connectivity index (χ1v) is 11.5. The van der Waals surface area contributed by atoms with Crippen molar-refractivity contribution < 1.29 is 14.2 Å². The second-order valence-electron chi connectivity index (χ2n) is 8.54. The van der Waals surface area contributed by atoms with Crippen LogP contribution in [0, 0.1) is 5.92 Å². The summed E-state index contributed by atoms with van der Waals surface area (Å²) in [6.45, 7) is 2.24. The van der Waals surface area contributed by atoms with E-state index in [0.29, 0.717) is 19.1 Å². The van der Waals surface area contributed by atoms with Gasteiger partial charge in [-0.15, -0.1) is 0 Å². The molecule has 1 fully saturated rings. The minimum atomic E-state index is 0.611. The molecule has 5 rings (SSSR count). The second-order valence-corrected chi connectivity index (χ2v) is 8.54. The van der Waals surface area contributed by atoms with Gasteiger partial charge in [0.2, 0.25) is 0 Å². The zero-order valence-corrected chi connectivity index (χ0v) is 19.8. The van der Waals surface area contributed by atoms with Crippen molar-refractivity contribution in [3.8, 4) is 22.8 Å². The van der Waals surface area contributed by atoms with E-state index in [9.17, 15) is 0 Å². The Morgan fingerprint density at radius 2 is 1.74 bits per heavy atom. The summed E-state index contributed by atoms with van der Waals surface area (Å²) >= 11 is 0. The van der Waals surface area contributed by atoms with Crippen LogP contribution in [0.4, 0.5) is 11.4 Å². The van der Waals surface area contributed by atoms with Crippen LogP contribution in [0.15, 0.2) is 55.0 Å². The van der Waals surface area contributed by atoms with Gasteiger partial charge in [0.25, 0.3) is 0 Å². The maximum absolute atomic E-state index is 5.52. The molecule has 1 saturated carbocycles. The maximum atomic E-state index is 5.52. The van der Waals surface area contributed by atoms with Gasteiger partial charge >= 0.3 is 0 Å². The molecule has 0 unspecified atom stereocenters. The Bertz CT molecular complexity index is 1260. The first-order chi connectivity index (χ1) is 16.7. The third-order valence-corrected chi connectivity index (χ3v) is 6.08. The first kappa shape index (κ1) is 22.2. The number of benzene rings is 2. The van der Waals surface area contributed by atoms with Gasteiger partial charge < -0.3 is 19.1 Å². The predicted octanol–water partition coefficient (Wildman–Crippen LogP) is 4.71. The normalized spacial score (nSPS) is 13.3. The number of anilines is 2. The quantitative estimate of drug-likeness (QED) is 0.340. The van der Waals surface area contributed by atoms with E-state index in [1.54, 1.807) is 27.5 Å². The van der Waals surface area contributed by atoms with Gasteiger partial charge in [-0.1, -0.05) is 0 Å². The van der Waals surface area contributed by atoms with Crippen LogP contribution in [-0.4, -0.2) is 54.2 Å². The van der Waals surface area contributed by atoms with E-state index in [-0.39, 0.29) is 0 Å². The number of aromatic nitrogens is 4. The van der Waals surface area contributed by atoms with Crippen LogP contribution in [0.2, 0.25) is 0 Å². The summed E-state index contributed by atoms with van der Waals surface area (Å²) < 4.78 is 18.0. The lowest BCUT2D eigenvalue weighted by atomic mass is 10.1. The van der Waals surface area contributed by atoms with E-state index < -0.39 is 0 Å². The standard InChI is InChI=1S/C26H29N5O3/c1-32-9-8-30-17-19(14-28-30)26-15-27-24-7-6-20(12-25(24)29-26)31(16-18-4-5-18)21-10-22(33-2)13-23(11-21)34-3/h6-7,10-15,17-18H,4-5,8-9,16H2,1-3H3. The van der Waals surface area contributed by atoms with Gasteiger partial charge in [0.15, 0.2) is 0 Å². The number of hydrogen-bond acceptors (Lipinski definition) is 7. The Labute approximate surface area is 199 Å². The molecule has 0 atom stereocenters. The third kappa shape index (κ3) is 4.82. The maximum Gasteiger partial charge on any atom is 0.124 e. The van der Waals surface area contributed by atoms with Gasteiger partial charge in [-0.2, -0.15) is 5.10 Å². The molecule has 176 valence electrons. The van der Waals surface area contributed by atoms with Gasteiger partial charge in [-0.3, -0.25) is 9.67 Å². The minimum absolute atomic E-state index is 0.611. The molecular formula is C26H29N5O3. The third-order valence-electron chi connectivity index (χ3n) is 6.08. The van der Waals surface area contributed by atoms with Gasteiger partial charge in [-0.25, -0.2) is 4.98 Å². The Morgan fingerprint density at radius 3 is 2.44 bits per heavy atom. The molecule has 8 heteroatoms. The number of nitrogens with zero attached hydrogens (tertiary/aromatic N) is 5. The molecule has 2 heterocycles. The van der Waals surface area contributed by atoms with Gasteiger partial charge in [0.1, 0.15) is 11.5 Å². The SMILES string of the molecule is COCCn1cc(-c2cnc3ccc(N(CC4CC4)c4cc(OC)cc(OC)c4)cc3n2)cn1. The van der Waals surface area contributed by atoms with E-state index >= 15 is 0 Å². The van der Waals surface area contributed by atoms with E-state index in [1.807, 2.05) is 41.3 Å². The summed E-state index contributed by atoms with van der Waals surface area (Å²) in [5.74, 6) is 2.22. The summed E-state index contributed by atoms with van der Waals surface area (Å²) in [5.41, 5.74) is 5.53. The molecule has 0 bridgehead atoms. The number of hydrogen-bond donors (Lipinski definition) is 0. The average Bonchev–Trinajstić information content (AvgIpc) is 3.58. The Balaban J connectivity index is 1.51. The van der Waals surface area contributed by atoms with Crippen molar-refractivity contribution in [2.75, 3.05) is 39.4 Å². The number of rotatable bonds is 10. The van der Waals surface area contributed by atoms with Crippen molar-refractivity contribution >= 4 is 22.4 Å². The molecule has 2 aromatic heterocycles. The number of fused-ring (bicyclic) bond motifs is 1. The van der Waals surface area contributed by atoms with E-state index in [0.717, 1.165) is 51.7 Å². The fourth-order valence-electron chi connectivity index (χ4n) is 3.98. The molecule has 2 aromatic carbocycles. The molecule has 0 amide bonds. The van der Waals surface area contributed by atoms with Crippen LogP contribution in [0.25, 0.3) is 22.3 Å². The highest BCUT2D eigenvalue weighted by molar-refractivity contribution is 5.82. The van der Waals surface area contributed by atoms with Crippen molar-refractivity contribution in [3.63, 3.8) is 0 Å². The van der Waals surface area contributed by atoms with Gasteiger partial charge in [0.05, 0.1) is 56.5 Å². The largest absolute Gasteiger partial charge is 0.497 e. The Morgan fingerprint density at radius 1 is 0.941 bits per heavy atom. The molecule has 0 saturated heterocycles. The van der Waals surface area contributed by atoms with Crippen molar-refractivity contribution in [3.05, 3.63) is 55.0 Å². The van der Waals surface area contributed by atoms with Crippen molar-refractivity contribution in [1.82, 2.24) is 19.7 Å². The molecule has 0 radical (unpaired) electrons. The van der Waals surface area contributed by atoms with Crippen LogP contribution < -0.4 is 14.4 Å². The summed E-state index contributed by atoms with van der Waals surface area (Å²) in [4.78, 5) is 11.9. The summed E-state index contributed by atoms with van der Waals surface area (Å²) in [5, 5.41) is 4.40. The fraction of sp³-hybridized carbons (Fsp3) is 0.346. The monoisotopic (exact) mass is 459 g/mol. The molecular weight excluding hydrogens is 430 g/mol. The van der Waals surface area contributed by atoms with E-state index in [1.165, 1.54) is 12.8 Å². The zero-order valence-electron chi connectivity index (χ0n) is 19.8. The molecule has 1 aliphatic rings. The van der Waals surface area contributed by atoms with Gasteiger partial charge in [0, 0.05) is 55.0 Å². The van der Waals surface area contributed by atoms with Gasteiger partial charge in [-0.05, 0) is 37.0 Å². The van der Waals surface area contributed by atoms with Crippen molar-refractivity contribution in [2.45, 2.75) is 19.4 Å². The highest BCUT2D eigenvalue weighted by Crippen LogP contribution is 2.38. The van der Waals surface area contributed by atoms with Crippen molar-refractivity contribution in [2.24, 2.45) is 5.92 Å². The predicted molar refractivity (Wildman–Crippen MR) is 132 cm³/mol. The van der Waals surface area contributed by atoms with E-state index in [4.69, 9.17) is 19.2 Å². The first-order valence-electron chi connectivity index (χ1n) is 11.5. The van der Waals surface area contributed by atoms with Crippen LogP contribution in [0.3, 0.4) is 0 Å². The zero-order chi connectivity index (χ0) is 23.5. The fourth-order valence-corrected chi connectivity index (χ4v) is 3.98. The number of methoxy groups -OCH3 is 3.